The standard InChI is InChI=1S/C14H26/c1-5-6-10(2)11(3)13-9-14(4)7-12(13)8-14/h10-13H,5-9H2,1-4H3. The molecule has 0 N–H and O–H groups in total. The van der Waals surface area contributed by atoms with E-state index in [0.717, 1.165) is 29.1 Å². The molecule has 0 radical (unpaired) electrons. The van der Waals surface area contributed by atoms with Crippen LogP contribution in [-0.2, 0) is 0 Å². The minimum atomic E-state index is 0.773. The van der Waals surface area contributed by atoms with E-state index in [-0.39, 0.29) is 0 Å². The van der Waals surface area contributed by atoms with Crippen molar-refractivity contribution in [3.8, 4) is 0 Å². The van der Waals surface area contributed by atoms with Crippen molar-refractivity contribution in [2.24, 2.45) is 29.1 Å². The van der Waals surface area contributed by atoms with Crippen LogP contribution < -0.4 is 0 Å². The van der Waals surface area contributed by atoms with Gasteiger partial charge in [0.05, 0.1) is 0 Å². The highest BCUT2D eigenvalue weighted by Crippen LogP contribution is 2.63. The third-order valence-corrected chi connectivity index (χ3v) is 5.16. The molecule has 0 amide bonds. The molecular weight excluding hydrogens is 168 g/mol. The van der Waals surface area contributed by atoms with Gasteiger partial charge in [0.2, 0.25) is 0 Å². The van der Waals surface area contributed by atoms with E-state index >= 15 is 0 Å². The Bertz CT molecular complexity index is 200. The second-order valence-corrected chi connectivity index (χ2v) is 6.47. The summed E-state index contributed by atoms with van der Waals surface area (Å²) in [6.07, 6.45) is 7.41. The molecule has 0 aromatic heterocycles. The maximum absolute atomic E-state index is 2.51. The molecule has 3 fully saturated rings. The summed E-state index contributed by atoms with van der Waals surface area (Å²) in [5, 5.41) is 0. The number of fused-ring (bicyclic) bond motifs is 1. The first kappa shape index (κ1) is 10.5. The highest BCUT2D eigenvalue weighted by molar-refractivity contribution is 5.04. The van der Waals surface area contributed by atoms with E-state index in [9.17, 15) is 0 Å². The molecule has 0 heteroatoms. The lowest BCUT2D eigenvalue weighted by molar-refractivity contribution is 0.144. The van der Waals surface area contributed by atoms with Crippen LogP contribution in [0.2, 0.25) is 0 Å². The Balaban J connectivity index is 1.90. The molecule has 0 nitrogen and oxygen atoms in total. The summed E-state index contributed by atoms with van der Waals surface area (Å²) in [6, 6.07) is 0. The lowest BCUT2D eigenvalue weighted by Gasteiger charge is -2.36. The summed E-state index contributed by atoms with van der Waals surface area (Å²) in [6.45, 7) is 9.79. The Morgan fingerprint density at radius 3 is 2.29 bits per heavy atom. The van der Waals surface area contributed by atoms with E-state index in [0.29, 0.717) is 0 Å². The molecular formula is C14H26. The molecule has 3 aliphatic carbocycles. The Hall–Kier alpha value is 0. The summed E-state index contributed by atoms with van der Waals surface area (Å²) in [5.74, 6) is 4.10. The first-order valence-electron chi connectivity index (χ1n) is 6.56. The first-order chi connectivity index (χ1) is 6.56. The Kier molecular flexibility index (Phi) is 2.66. The Morgan fingerprint density at radius 1 is 1.21 bits per heavy atom. The summed E-state index contributed by atoms with van der Waals surface area (Å²) >= 11 is 0. The second kappa shape index (κ2) is 3.54. The van der Waals surface area contributed by atoms with Gasteiger partial charge >= 0.3 is 0 Å². The molecule has 0 aromatic rings. The van der Waals surface area contributed by atoms with Crippen molar-refractivity contribution in [3.63, 3.8) is 0 Å². The largest absolute Gasteiger partial charge is 0.0654 e. The number of rotatable bonds is 4. The van der Waals surface area contributed by atoms with Crippen LogP contribution in [0.25, 0.3) is 0 Å². The number of hydrogen-bond donors (Lipinski definition) is 0. The van der Waals surface area contributed by atoms with Gasteiger partial charge in [-0.25, -0.2) is 0 Å². The molecule has 2 bridgehead atoms. The first-order valence-corrected chi connectivity index (χ1v) is 6.56. The van der Waals surface area contributed by atoms with Gasteiger partial charge in [-0.05, 0) is 48.3 Å². The molecule has 0 saturated heterocycles. The van der Waals surface area contributed by atoms with E-state index in [4.69, 9.17) is 0 Å². The minimum Gasteiger partial charge on any atom is -0.0654 e. The monoisotopic (exact) mass is 194 g/mol. The maximum atomic E-state index is 2.51. The van der Waals surface area contributed by atoms with E-state index in [1.165, 1.54) is 19.3 Å². The van der Waals surface area contributed by atoms with Crippen molar-refractivity contribution in [2.75, 3.05) is 0 Å². The zero-order chi connectivity index (χ0) is 10.3. The van der Waals surface area contributed by atoms with E-state index in [1.807, 2.05) is 0 Å². The molecule has 3 rings (SSSR count). The lowest BCUT2D eigenvalue weighted by Crippen LogP contribution is -2.26. The molecule has 0 aliphatic heterocycles. The van der Waals surface area contributed by atoms with Gasteiger partial charge in [0.25, 0.3) is 0 Å². The quantitative estimate of drug-likeness (QED) is 0.618. The van der Waals surface area contributed by atoms with Gasteiger partial charge in [-0.15, -0.1) is 0 Å². The summed E-state index contributed by atoms with van der Waals surface area (Å²) < 4.78 is 0. The predicted octanol–water partition coefficient (Wildman–Crippen LogP) is 4.49. The third-order valence-electron chi connectivity index (χ3n) is 5.16. The van der Waals surface area contributed by atoms with Crippen LogP contribution >= 0.6 is 0 Å². The molecule has 3 saturated carbocycles. The topological polar surface area (TPSA) is 0 Å². The van der Waals surface area contributed by atoms with Crippen LogP contribution in [0, 0.1) is 29.1 Å². The normalized spacial score (nSPS) is 44.6. The average molecular weight is 194 g/mol. The molecule has 3 aliphatic rings. The Morgan fingerprint density at radius 2 is 1.86 bits per heavy atom. The van der Waals surface area contributed by atoms with Crippen LogP contribution in [0.3, 0.4) is 0 Å². The van der Waals surface area contributed by atoms with Crippen molar-refractivity contribution in [3.05, 3.63) is 0 Å². The van der Waals surface area contributed by atoms with E-state index < -0.39 is 0 Å². The molecule has 3 unspecified atom stereocenters. The van der Waals surface area contributed by atoms with Gasteiger partial charge in [-0.1, -0.05) is 40.5 Å². The van der Waals surface area contributed by atoms with Crippen LogP contribution in [0.1, 0.15) is 59.8 Å². The molecule has 0 spiro atoms. The molecule has 0 aromatic carbocycles. The molecule has 0 heterocycles. The summed E-state index contributed by atoms with van der Waals surface area (Å²) in [5.41, 5.74) is 0.773. The van der Waals surface area contributed by atoms with Crippen molar-refractivity contribution in [1.29, 1.82) is 0 Å². The van der Waals surface area contributed by atoms with Gasteiger partial charge in [0, 0.05) is 0 Å². The van der Waals surface area contributed by atoms with Crippen LogP contribution in [0.15, 0.2) is 0 Å². The van der Waals surface area contributed by atoms with E-state index in [1.54, 1.807) is 12.8 Å². The smallest absolute Gasteiger partial charge is 0.0318 e. The van der Waals surface area contributed by atoms with Gasteiger partial charge in [0.15, 0.2) is 0 Å². The third kappa shape index (κ3) is 1.61. The molecule has 3 atom stereocenters. The van der Waals surface area contributed by atoms with Crippen molar-refractivity contribution >= 4 is 0 Å². The fraction of sp³-hybridized carbons (Fsp3) is 1.00. The van der Waals surface area contributed by atoms with Gasteiger partial charge in [-0.2, -0.15) is 0 Å². The average Bonchev–Trinajstić information content (AvgIpc) is 2.56. The summed E-state index contributed by atoms with van der Waals surface area (Å²) in [4.78, 5) is 0. The fourth-order valence-electron chi connectivity index (χ4n) is 4.17. The SMILES string of the molecule is CCCC(C)C(C)C1CC2(C)CC1C2. The Labute approximate surface area is 89.5 Å². The maximum Gasteiger partial charge on any atom is -0.0318 e. The molecule has 14 heavy (non-hydrogen) atoms. The highest BCUT2D eigenvalue weighted by atomic mass is 14.6. The van der Waals surface area contributed by atoms with E-state index in [2.05, 4.69) is 27.7 Å². The summed E-state index contributed by atoms with van der Waals surface area (Å²) in [7, 11) is 0. The van der Waals surface area contributed by atoms with Crippen molar-refractivity contribution in [2.45, 2.75) is 59.8 Å². The second-order valence-electron chi connectivity index (χ2n) is 6.47. The van der Waals surface area contributed by atoms with Gasteiger partial charge < -0.3 is 0 Å². The zero-order valence-electron chi connectivity index (χ0n) is 10.3. The lowest BCUT2D eigenvalue weighted by atomic mass is 9.69. The fourth-order valence-corrected chi connectivity index (χ4v) is 4.17. The van der Waals surface area contributed by atoms with Gasteiger partial charge in [0.1, 0.15) is 0 Å². The molecule has 82 valence electrons. The van der Waals surface area contributed by atoms with Crippen LogP contribution in [0.4, 0.5) is 0 Å². The van der Waals surface area contributed by atoms with Crippen molar-refractivity contribution in [1.82, 2.24) is 0 Å². The van der Waals surface area contributed by atoms with Crippen LogP contribution in [-0.4, -0.2) is 0 Å². The highest BCUT2D eigenvalue weighted by Gasteiger charge is 2.54. The van der Waals surface area contributed by atoms with Gasteiger partial charge in [-0.3, -0.25) is 0 Å². The minimum absolute atomic E-state index is 0.773. The zero-order valence-corrected chi connectivity index (χ0v) is 10.3. The van der Waals surface area contributed by atoms with Crippen molar-refractivity contribution < 1.29 is 0 Å². The van der Waals surface area contributed by atoms with Crippen LogP contribution in [0.5, 0.6) is 0 Å². The number of hydrogen-bond acceptors (Lipinski definition) is 0. The predicted molar refractivity (Wildman–Crippen MR) is 62.2 cm³/mol.